The third-order valence-corrected chi connectivity index (χ3v) is 8.98. The Kier molecular flexibility index (Phi) is 8.69. The molecule has 4 amide bonds. The van der Waals surface area contributed by atoms with E-state index in [1.807, 2.05) is 13.8 Å². The number of hydrogen-bond donors (Lipinski definition) is 1. The molecule has 0 radical (unpaired) electrons. The summed E-state index contributed by atoms with van der Waals surface area (Å²) in [6, 6.07) is 14.9. The Labute approximate surface area is 274 Å². The largest absolute Gasteiger partial charge is 0.315 e. The molecule has 2 aliphatic rings. The number of rotatable bonds is 13. The molecule has 0 unspecified atom stereocenters. The zero-order valence-electron chi connectivity index (χ0n) is 26.3. The summed E-state index contributed by atoms with van der Waals surface area (Å²) in [5, 5.41) is 27.4. The third kappa shape index (κ3) is 5.54. The van der Waals surface area contributed by atoms with E-state index in [0.717, 1.165) is 4.90 Å². The maximum absolute atomic E-state index is 13.4. The summed E-state index contributed by atoms with van der Waals surface area (Å²) in [6.07, 6.45) is 0.708. The standard InChI is InChI=1S/C34H32N6O8/c1-20(2)36(18-19-38-32(42)24-9-4-7-22-28(40(47)48)13-11-26(30(22)24)34(38)44)16-5-14-35-15-17-37-31(41)23-8-3-6-21-27(39(45)46)12-10-25(29(21)23)33(37)43/h3-4,6-13,20,35H,5,14-19H2,1-2H3. The lowest BCUT2D eigenvalue weighted by Crippen LogP contribution is -2.46. The molecule has 48 heavy (non-hydrogen) atoms. The van der Waals surface area contributed by atoms with Crippen LogP contribution in [0.4, 0.5) is 11.4 Å². The van der Waals surface area contributed by atoms with Crippen LogP contribution in [0.15, 0.2) is 60.7 Å². The summed E-state index contributed by atoms with van der Waals surface area (Å²) in [6.45, 7) is 6.29. The van der Waals surface area contributed by atoms with Gasteiger partial charge < -0.3 is 5.32 Å². The van der Waals surface area contributed by atoms with Gasteiger partial charge >= 0.3 is 0 Å². The number of imide groups is 2. The maximum Gasteiger partial charge on any atom is 0.277 e. The highest BCUT2D eigenvalue weighted by molar-refractivity contribution is 6.27. The number of nitro groups is 2. The molecule has 6 rings (SSSR count). The van der Waals surface area contributed by atoms with Gasteiger partial charge in [-0.25, -0.2) is 0 Å². The average Bonchev–Trinajstić information content (AvgIpc) is 3.06. The molecule has 0 saturated carbocycles. The second kappa shape index (κ2) is 12.9. The first-order valence-electron chi connectivity index (χ1n) is 15.6. The Hall–Kier alpha value is -5.60. The summed E-state index contributed by atoms with van der Waals surface area (Å²) in [7, 11) is 0. The van der Waals surface area contributed by atoms with Crippen molar-refractivity contribution in [3.63, 3.8) is 0 Å². The van der Waals surface area contributed by atoms with Crippen molar-refractivity contribution in [2.24, 2.45) is 0 Å². The van der Waals surface area contributed by atoms with Gasteiger partial charge in [-0.2, -0.15) is 0 Å². The van der Waals surface area contributed by atoms with Crippen molar-refractivity contribution in [2.45, 2.75) is 26.3 Å². The maximum atomic E-state index is 13.4. The van der Waals surface area contributed by atoms with E-state index < -0.39 is 33.5 Å². The van der Waals surface area contributed by atoms with Crippen molar-refractivity contribution in [1.29, 1.82) is 0 Å². The predicted octanol–water partition coefficient (Wildman–Crippen LogP) is 4.39. The van der Waals surface area contributed by atoms with Crippen LogP contribution in [-0.2, 0) is 0 Å². The summed E-state index contributed by atoms with van der Waals surface area (Å²) in [5.41, 5.74) is 0.717. The lowest BCUT2D eigenvalue weighted by molar-refractivity contribution is -0.383. The Morgan fingerprint density at radius 3 is 1.56 bits per heavy atom. The van der Waals surface area contributed by atoms with Gasteiger partial charge in [0.1, 0.15) is 0 Å². The first-order valence-corrected chi connectivity index (χ1v) is 15.6. The molecular weight excluding hydrogens is 620 g/mol. The van der Waals surface area contributed by atoms with Crippen LogP contribution >= 0.6 is 0 Å². The highest BCUT2D eigenvalue weighted by Gasteiger charge is 2.36. The molecule has 0 spiro atoms. The highest BCUT2D eigenvalue weighted by atomic mass is 16.6. The van der Waals surface area contributed by atoms with Crippen molar-refractivity contribution in [1.82, 2.24) is 20.0 Å². The van der Waals surface area contributed by atoms with E-state index in [0.29, 0.717) is 43.4 Å². The number of carbonyl (C=O) groups excluding carboxylic acids is 4. The first kappa shape index (κ1) is 32.3. The van der Waals surface area contributed by atoms with Crippen molar-refractivity contribution in [2.75, 3.05) is 39.3 Å². The van der Waals surface area contributed by atoms with Gasteiger partial charge in [0.2, 0.25) is 0 Å². The van der Waals surface area contributed by atoms with Crippen LogP contribution in [0, 0.1) is 20.2 Å². The quantitative estimate of drug-likeness (QED) is 0.0943. The minimum absolute atomic E-state index is 0.112. The molecular formula is C34H32N6O8. The number of benzene rings is 4. The van der Waals surface area contributed by atoms with Gasteiger partial charge in [0.15, 0.2) is 0 Å². The zero-order valence-corrected chi connectivity index (χ0v) is 26.3. The Morgan fingerprint density at radius 1 is 0.646 bits per heavy atom. The second-order valence-corrected chi connectivity index (χ2v) is 12.0. The van der Waals surface area contributed by atoms with E-state index in [9.17, 15) is 39.4 Å². The summed E-state index contributed by atoms with van der Waals surface area (Å²) < 4.78 is 0. The molecule has 2 aliphatic heterocycles. The number of nitro benzene ring substituents is 2. The third-order valence-electron chi connectivity index (χ3n) is 8.98. The molecule has 0 atom stereocenters. The molecule has 0 aliphatic carbocycles. The van der Waals surface area contributed by atoms with Crippen LogP contribution in [0.2, 0.25) is 0 Å². The summed E-state index contributed by atoms with van der Waals surface area (Å²) in [5.74, 6) is -1.96. The minimum atomic E-state index is -0.530. The summed E-state index contributed by atoms with van der Waals surface area (Å²) >= 11 is 0. The van der Waals surface area contributed by atoms with Crippen LogP contribution in [0.1, 0.15) is 61.7 Å². The fourth-order valence-electron chi connectivity index (χ4n) is 6.57. The van der Waals surface area contributed by atoms with Gasteiger partial charge in [0.25, 0.3) is 35.0 Å². The number of amides is 4. The minimum Gasteiger partial charge on any atom is -0.315 e. The van der Waals surface area contributed by atoms with Gasteiger partial charge in [0, 0.05) is 77.4 Å². The van der Waals surface area contributed by atoms with Gasteiger partial charge in [0.05, 0.1) is 20.6 Å². The predicted molar refractivity (Wildman–Crippen MR) is 176 cm³/mol. The molecule has 246 valence electrons. The fourth-order valence-corrected chi connectivity index (χ4v) is 6.57. The Morgan fingerprint density at radius 2 is 1.10 bits per heavy atom. The molecule has 0 fully saturated rings. The number of nitrogens with one attached hydrogen (secondary N) is 1. The normalized spacial score (nSPS) is 14.2. The molecule has 1 N–H and O–H groups in total. The molecule has 14 nitrogen and oxygen atoms in total. The van der Waals surface area contributed by atoms with Crippen molar-refractivity contribution < 1.29 is 29.0 Å². The van der Waals surface area contributed by atoms with E-state index in [1.165, 1.54) is 35.2 Å². The monoisotopic (exact) mass is 652 g/mol. The molecule has 0 bridgehead atoms. The molecule has 0 aromatic heterocycles. The van der Waals surface area contributed by atoms with Gasteiger partial charge in [-0.15, -0.1) is 0 Å². The summed E-state index contributed by atoms with van der Waals surface area (Å²) in [4.78, 5) is 79.6. The Bertz CT molecular complexity index is 2000. The first-order chi connectivity index (χ1) is 23.0. The number of non-ortho nitro benzene ring substituents is 2. The Balaban J connectivity index is 1.03. The topological polar surface area (TPSA) is 176 Å². The number of hydrogen-bond acceptors (Lipinski definition) is 10. The van der Waals surface area contributed by atoms with E-state index in [4.69, 9.17) is 0 Å². The number of nitrogens with zero attached hydrogens (tertiary/aromatic N) is 5. The molecule has 4 aromatic rings. The van der Waals surface area contributed by atoms with Gasteiger partial charge in [-0.1, -0.05) is 12.1 Å². The highest BCUT2D eigenvalue weighted by Crippen LogP contribution is 2.36. The lowest BCUT2D eigenvalue weighted by atomic mass is 9.93. The second-order valence-electron chi connectivity index (χ2n) is 12.0. The van der Waals surface area contributed by atoms with Gasteiger partial charge in [-0.3, -0.25) is 54.1 Å². The van der Waals surface area contributed by atoms with Crippen molar-refractivity contribution in [3.05, 3.63) is 103 Å². The van der Waals surface area contributed by atoms with E-state index in [1.54, 1.807) is 30.3 Å². The van der Waals surface area contributed by atoms with Crippen LogP contribution in [0.5, 0.6) is 0 Å². The van der Waals surface area contributed by atoms with Crippen LogP contribution in [-0.4, -0.2) is 93.5 Å². The smallest absolute Gasteiger partial charge is 0.277 e. The van der Waals surface area contributed by atoms with Crippen LogP contribution in [0.25, 0.3) is 21.5 Å². The van der Waals surface area contributed by atoms with Crippen molar-refractivity contribution >= 4 is 56.5 Å². The zero-order chi connectivity index (χ0) is 34.3. The average molecular weight is 653 g/mol. The van der Waals surface area contributed by atoms with E-state index in [2.05, 4.69) is 10.2 Å². The van der Waals surface area contributed by atoms with Gasteiger partial charge in [-0.05, 0) is 69.8 Å². The van der Waals surface area contributed by atoms with E-state index in [-0.39, 0.29) is 63.5 Å². The van der Waals surface area contributed by atoms with E-state index >= 15 is 0 Å². The molecule has 14 heteroatoms. The SMILES string of the molecule is CC(C)N(CCCNCCN1C(=O)c2cccc3c([N+](=O)[O-])ccc(c23)C1=O)CCN1C(=O)c2cccc3c([N+](=O)[O-])ccc(c23)C1=O. The lowest BCUT2D eigenvalue weighted by Gasteiger charge is -2.31. The number of carbonyl (C=O) groups is 4. The molecule has 0 saturated heterocycles. The van der Waals surface area contributed by atoms with Crippen molar-refractivity contribution in [3.8, 4) is 0 Å². The van der Waals surface area contributed by atoms with Crippen LogP contribution < -0.4 is 5.32 Å². The van der Waals surface area contributed by atoms with Crippen LogP contribution in [0.3, 0.4) is 0 Å². The fraction of sp³-hybridized carbons (Fsp3) is 0.294. The molecule has 2 heterocycles. The molecule has 4 aromatic carbocycles.